The molecule has 0 radical (unpaired) electrons. The smallest absolute Gasteiger partial charge is 0.226 e. The van der Waals surface area contributed by atoms with Crippen LogP contribution in [0, 0.1) is 6.92 Å². The van der Waals surface area contributed by atoms with Gasteiger partial charge in [-0.15, -0.1) is 11.3 Å². The van der Waals surface area contributed by atoms with Gasteiger partial charge in [0.1, 0.15) is 5.01 Å². The van der Waals surface area contributed by atoms with Crippen LogP contribution < -0.4 is 5.32 Å². The number of halogens is 1. The highest BCUT2D eigenvalue weighted by Gasteiger charge is 2.08. The normalized spacial score (nSPS) is 11.0. The van der Waals surface area contributed by atoms with E-state index in [1.165, 1.54) is 10.3 Å². The van der Waals surface area contributed by atoms with Gasteiger partial charge in [0, 0.05) is 30.4 Å². The van der Waals surface area contributed by atoms with E-state index in [-0.39, 0.29) is 5.91 Å². The summed E-state index contributed by atoms with van der Waals surface area (Å²) in [5.74, 6) is -0.0650. The molecule has 0 aliphatic rings. The van der Waals surface area contributed by atoms with Gasteiger partial charge in [0.25, 0.3) is 0 Å². The van der Waals surface area contributed by atoms with Crippen LogP contribution in [0.15, 0.2) is 54.9 Å². The summed E-state index contributed by atoms with van der Waals surface area (Å²) in [6.07, 6.45) is 3.58. The molecule has 0 saturated carbocycles. The summed E-state index contributed by atoms with van der Waals surface area (Å²) in [7, 11) is 0. The van der Waals surface area contributed by atoms with E-state index in [9.17, 15) is 4.79 Å². The maximum absolute atomic E-state index is 12.1. The predicted octanol–water partition coefficient (Wildman–Crippen LogP) is 5.15. The van der Waals surface area contributed by atoms with E-state index in [2.05, 4.69) is 29.5 Å². The zero-order chi connectivity index (χ0) is 18.8. The molecule has 4 rings (SSSR count). The van der Waals surface area contributed by atoms with Crippen LogP contribution in [-0.4, -0.2) is 20.7 Å². The molecular weight excluding hydrogens is 380 g/mol. The Kier molecular flexibility index (Phi) is 4.92. The van der Waals surface area contributed by atoms with Crippen LogP contribution in [0.25, 0.3) is 20.8 Å². The molecule has 2 aromatic carbocycles. The molecule has 27 heavy (non-hydrogen) atoms. The van der Waals surface area contributed by atoms with Gasteiger partial charge in [-0.3, -0.25) is 9.48 Å². The van der Waals surface area contributed by atoms with E-state index in [0.29, 0.717) is 18.0 Å². The number of thiazole rings is 1. The molecule has 136 valence electrons. The number of nitrogens with one attached hydrogen (secondary N) is 1. The van der Waals surface area contributed by atoms with Gasteiger partial charge in [-0.05, 0) is 48.9 Å². The lowest BCUT2D eigenvalue weighted by Gasteiger charge is -2.06. The first kappa shape index (κ1) is 17.7. The van der Waals surface area contributed by atoms with E-state index in [0.717, 1.165) is 21.8 Å². The Bertz CT molecular complexity index is 1100. The number of amides is 1. The number of rotatable bonds is 5. The van der Waals surface area contributed by atoms with Crippen molar-refractivity contribution in [2.75, 3.05) is 5.32 Å². The summed E-state index contributed by atoms with van der Waals surface area (Å²) in [5, 5.41) is 8.51. The fourth-order valence-electron chi connectivity index (χ4n) is 2.75. The molecule has 0 unspecified atom stereocenters. The minimum absolute atomic E-state index is 0.0650. The lowest BCUT2D eigenvalue weighted by molar-refractivity contribution is -0.116. The maximum Gasteiger partial charge on any atom is 0.226 e. The van der Waals surface area contributed by atoms with Crippen molar-refractivity contribution in [2.24, 2.45) is 0 Å². The zero-order valence-corrected chi connectivity index (χ0v) is 16.2. The number of benzene rings is 2. The summed E-state index contributed by atoms with van der Waals surface area (Å²) < 4.78 is 2.83. The van der Waals surface area contributed by atoms with Gasteiger partial charge in [0.15, 0.2) is 0 Å². The molecule has 0 atom stereocenters. The fourth-order valence-corrected chi connectivity index (χ4v) is 3.98. The number of anilines is 1. The van der Waals surface area contributed by atoms with Crippen molar-refractivity contribution in [1.29, 1.82) is 0 Å². The van der Waals surface area contributed by atoms with Gasteiger partial charge < -0.3 is 5.32 Å². The number of fused-ring (bicyclic) bond motifs is 1. The lowest BCUT2D eigenvalue weighted by Crippen LogP contribution is -2.14. The van der Waals surface area contributed by atoms with Crippen LogP contribution in [0.4, 0.5) is 5.69 Å². The van der Waals surface area contributed by atoms with Gasteiger partial charge in [-0.25, -0.2) is 4.98 Å². The molecule has 5 nitrogen and oxygen atoms in total. The number of aryl methyl sites for hydroxylation is 2. The summed E-state index contributed by atoms with van der Waals surface area (Å²) >= 11 is 7.49. The Balaban J connectivity index is 1.41. The number of carbonyl (C=O) groups is 1. The molecule has 1 amide bonds. The zero-order valence-electron chi connectivity index (χ0n) is 14.6. The van der Waals surface area contributed by atoms with Gasteiger partial charge in [-0.1, -0.05) is 17.7 Å². The van der Waals surface area contributed by atoms with Gasteiger partial charge >= 0.3 is 0 Å². The van der Waals surface area contributed by atoms with E-state index < -0.39 is 0 Å². The van der Waals surface area contributed by atoms with Gasteiger partial charge in [0.05, 0.1) is 21.4 Å². The average molecular weight is 397 g/mol. The first-order valence-electron chi connectivity index (χ1n) is 8.52. The number of aromatic nitrogens is 3. The molecule has 0 bridgehead atoms. The van der Waals surface area contributed by atoms with E-state index in [1.54, 1.807) is 28.4 Å². The summed E-state index contributed by atoms with van der Waals surface area (Å²) in [5.41, 5.74) is 4.04. The third-order valence-electron chi connectivity index (χ3n) is 4.13. The Labute approximate surface area is 165 Å². The van der Waals surface area contributed by atoms with Crippen LogP contribution in [0.3, 0.4) is 0 Å². The second kappa shape index (κ2) is 7.50. The predicted molar refractivity (Wildman–Crippen MR) is 110 cm³/mol. The molecule has 0 fully saturated rings. The van der Waals surface area contributed by atoms with Crippen molar-refractivity contribution in [2.45, 2.75) is 19.9 Å². The SMILES string of the molecule is Cc1ccc2nc(-c3ccc(NC(=O)CCn4cc(Cl)cn4)cc3)sc2c1. The lowest BCUT2D eigenvalue weighted by atomic mass is 10.2. The summed E-state index contributed by atoms with van der Waals surface area (Å²) in [4.78, 5) is 16.8. The van der Waals surface area contributed by atoms with Crippen LogP contribution in [-0.2, 0) is 11.3 Å². The highest BCUT2D eigenvalue weighted by atomic mass is 35.5. The molecule has 2 aromatic heterocycles. The van der Waals surface area contributed by atoms with E-state index >= 15 is 0 Å². The van der Waals surface area contributed by atoms with Crippen molar-refractivity contribution in [3.63, 3.8) is 0 Å². The molecule has 0 saturated heterocycles. The Morgan fingerprint density at radius 3 is 2.78 bits per heavy atom. The largest absolute Gasteiger partial charge is 0.326 e. The average Bonchev–Trinajstić information content (AvgIpc) is 3.26. The summed E-state index contributed by atoms with van der Waals surface area (Å²) in [6, 6.07) is 14.0. The number of carbonyl (C=O) groups excluding carboxylic acids is 1. The number of hydrogen-bond acceptors (Lipinski definition) is 4. The monoisotopic (exact) mass is 396 g/mol. The summed E-state index contributed by atoms with van der Waals surface area (Å²) in [6.45, 7) is 2.57. The molecular formula is C20H17ClN4OS. The minimum atomic E-state index is -0.0650. The molecule has 0 aliphatic heterocycles. The Morgan fingerprint density at radius 1 is 1.22 bits per heavy atom. The highest BCUT2D eigenvalue weighted by Crippen LogP contribution is 2.31. The van der Waals surface area contributed by atoms with Crippen molar-refractivity contribution >= 4 is 44.7 Å². The third-order valence-corrected chi connectivity index (χ3v) is 5.39. The minimum Gasteiger partial charge on any atom is -0.326 e. The third kappa shape index (κ3) is 4.18. The van der Waals surface area contributed by atoms with E-state index in [4.69, 9.17) is 16.6 Å². The van der Waals surface area contributed by atoms with E-state index in [1.807, 2.05) is 30.3 Å². The quantitative estimate of drug-likeness (QED) is 0.507. The first-order chi connectivity index (χ1) is 13.1. The van der Waals surface area contributed by atoms with Crippen molar-refractivity contribution in [3.8, 4) is 10.6 Å². The van der Waals surface area contributed by atoms with Crippen LogP contribution in [0.1, 0.15) is 12.0 Å². The Morgan fingerprint density at radius 2 is 2.04 bits per heavy atom. The van der Waals surface area contributed by atoms with Crippen molar-refractivity contribution in [1.82, 2.24) is 14.8 Å². The second-order valence-corrected chi connectivity index (χ2v) is 7.75. The van der Waals surface area contributed by atoms with Gasteiger partial charge in [0.2, 0.25) is 5.91 Å². The first-order valence-corrected chi connectivity index (χ1v) is 9.72. The molecule has 2 heterocycles. The molecule has 0 aliphatic carbocycles. The number of nitrogens with zero attached hydrogens (tertiary/aromatic N) is 3. The standard InChI is InChI=1S/C20H17ClN4OS/c1-13-2-7-17-18(10-13)27-20(24-17)14-3-5-16(6-4-14)23-19(26)8-9-25-12-15(21)11-22-25/h2-7,10-12H,8-9H2,1H3,(H,23,26). The number of hydrogen-bond donors (Lipinski definition) is 1. The van der Waals surface area contributed by atoms with Crippen LogP contribution in [0.2, 0.25) is 5.02 Å². The van der Waals surface area contributed by atoms with Crippen LogP contribution in [0.5, 0.6) is 0 Å². The van der Waals surface area contributed by atoms with Crippen molar-refractivity contribution < 1.29 is 4.79 Å². The van der Waals surface area contributed by atoms with Gasteiger partial charge in [-0.2, -0.15) is 5.10 Å². The Hall–Kier alpha value is -2.70. The molecule has 1 N–H and O–H groups in total. The fraction of sp³-hybridized carbons (Fsp3) is 0.150. The molecule has 7 heteroatoms. The van der Waals surface area contributed by atoms with Crippen molar-refractivity contribution in [3.05, 3.63) is 65.4 Å². The van der Waals surface area contributed by atoms with Crippen LogP contribution >= 0.6 is 22.9 Å². The maximum atomic E-state index is 12.1. The highest BCUT2D eigenvalue weighted by molar-refractivity contribution is 7.21. The molecule has 0 spiro atoms. The molecule has 4 aromatic rings. The topological polar surface area (TPSA) is 59.8 Å². The second-order valence-electron chi connectivity index (χ2n) is 6.29.